The molecule has 548 valence electrons. The largest absolute Gasteiger partial charge is 0.460 e. The van der Waals surface area contributed by atoms with Gasteiger partial charge in [-0.15, -0.1) is 0 Å². The Labute approximate surface area is 590 Å². The van der Waals surface area contributed by atoms with Crippen LogP contribution in [0.5, 0.6) is 0 Å². The average molecular weight is 1390 g/mol. The summed E-state index contributed by atoms with van der Waals surface area (Å²) >= 11 is 0. The van der Waals surface area contributed by atoms with Crippen molar-refractivity contribution in [2.75, 3.05) is 78.4 Å². The molecule has 1 saturated carbocycles. The summed E-state index contributed by atoms with van der Waals surface area (Å²) in [7, 11) is 8.18. The molecule has 23 heteroatoms. The number of carbonyl (C=O) groups excluding carboxylic acids is 7. The van der Waals surface area contributed by atoms with Gasteiger partial charge in [0, 0.05) is 109 Å². The molecule has 3 saturated heterocycles. The summed E-state index contributed by atoms with van der Waals surface area (Å²) in [4.78, 5) is 104. The molecule has 0 unspecified atom stereocenters. The summed E-state index contributed by atoms with van der Waals surface area (Å²) in [5.74, 6) is -7.86. The summed E-state index contributed by atoms with van der Waals surface area (Å²) in [5, 5.41) is 44.0. The van der Waals surface area contributed by atoms with E-state index in [0.717, 1.165) is 60.7 Å². The fourth-order valence-corrected chi connectivity index (χ4v) is 14.8. The smallest absolute Gasteiger partial charge is 0.329 e. The number of piperazine rings is 1. The number of benzene rings is 2. The van der Waals surface area contributed by atoms with Crippen LogP contribution < -0.4 is 10.2 Å². The molecule has 5 aliphatic heterocycles. The van der Waals surface area contributed by atoms with Crippen molar-refractivity contribution in [3.63, 3.8) is 0 Å². The van der Waals surface area contributed by atoms with Crippen LogP contribution in [0.15, 0.2) is 102 Å². The van der Waals surface area contributed by atoms with E-state index in [-0.39, 0.29) is 66.6 Å². The number of H-pyrrole nitrogens is 1. The van der Waals surface area contributed by atoms with Crippen LogP contribution in [0.2, 0.25) is 0 Å². The fourth-order valence-electron chi connectivity index (χ4n) is 14.8. The van der Waals surface area contributed by atoms with Crippen molar-refractivity contribution in [3.05, 3.63) is 125 Å². The number of carbonyl (C=O) groups is 7. The molecule has 2 bridgehead atoms. The zero-order chi connectivity index (χ0) is 72.5. The van der Waals surface area contributed by atoms with Crippen molar-refractivity contribution in [2.45, 2.75) is 199 Å². The normalized spacial score (nSPS) is 32.1. The third kappa shape index (κ3) is 20.0. The predicted molar refractivity (Wildman–Crippen MR) is 378 cm³/mol. The number of nitrogens with one attached hydrogen (secondary N) is 2. The van der Waals surface area contributed by atoms with E-state index in [1.807, 2.05) is 113 Å². The molecular weight excluding hydrogens is 1280 g/mol. The molecule has 23 nitrogen and oxygen atoms in total. The number of aromatic amines is 1. The Morgan fingerprint density at radius 3 is 2.20 bits per heavy atom. The molecule has 3 amide bonds. The van der Waals surface area contributed by atoms with Crippen LogP contribution >= 0.6 is 0 Å². The number of nitrogens with zero attached hydrogens (tertiary/aromatic N) is 5. The van der Waals surface area contributed by atoms with Crippen LogP contribution in [-0.4, -0.2) is 204 Å². The first-order chi connectivity index (χ1) is 47.8. The molecule has 6 aliphatic rings. The summed E-state index contributed by atoms with van der Waals surface area (Å²) in [6, 6.07) is 16.0. The van der Waals surface area contributed by atoms with Crippen LogP contribution in [0.25, 0.3) is 0 Å². The summed E-state index contributed by atoms with van der Waals surface area (Å²) in [5.41, 5.74) is 5.40. The number of cyclic esters (lactones) is 1. The maximum Gasteiger partial charge on any atom is 0.329 e. The molecule has 1 aromatic heterocycles. The second-order valence-electron chi connectivity index (χ2n) is 28.6. The Morgan fingerprint density at radius 1 is 0.800 bits per heavy atom. The van der Waals surface area contributed by atoms with Crippen LogP contribution in [0.4, 0.5) is 11.5 Å². The Hall–Kier alpha value is -7.06. The second-order valence-corrected chi connectivity index (χ2v) is 28.6. The lowest BCUT2D eigenvalue weighted by molar-refractivity contribution is -0.265. The van der Waals surface area contributed by atoms with Gasteiger partial charge in [-0.25, -0.2) is 4.79 Å². The number of aliphatic hydroxyl groups is 3. The number of ketones is 3. The van der Waals surface area contributed by atoms with Crippen molar-refractivity contribution in [2.24, 2.45) is 35.5 Å². The first-order valence-electron chi connectivity index (χ1n) is 35.7. The highest BCUT2D eigenvalue weighted by molar-refractivity contribution is 6.39. The number of amides is 3. The number of aliphatic hydroxyl groups excluding tert-OH is 2. The quantitative estimate of drug-likeness (QED) is 0.0643. The minimum Gasteiger partial charge on any atom is -0.460 e. The van der Waals surface area contributed by atoms with Gasteiger partial charge >= 0.3 is 5.97 Å². The van der Waals surface area contributed by atoms with E-state index < -0.39 is 90.0 Å². The number of Topliss-reactive ketones (excluding diaryl/α,β-unsaturated/α-hetero) is 3. The lowest BCUT2D eigenvalue weighted by Crippen LogP contribution is -2.61. The molecule has 100 heavy (non-hydrogen) atoms. The van der Waals surface area contributed by atoms with Gasteiger partial charge < -0.3 is 68.7 Å². The number of likely N-dealkylation sites (N-methyl/N-ethyl adjacent to an activating group) is 1. The average Bonchev–Trinajstić information content (AvgIpc) is 0.822. The second kappa shape index (κ2) is 36.7. The fraction of sp³-hybridized carbons (Fsp3) is 0.610. The van der Waals surface area contributed by atoms with Crippen LogP contribution in [0, 0.1) is 35.5 Å². The van der Waals surface area contributed by atoms with Gasteiger partial charge in [-0.05, 0) is 144 Å². The van der Waals surface area contributed by atoms with Crippen molar-refractivity contribution >= 4 is 52.5 Å². The van der Waals surface area contributed by atoms with Gasteiger partial charge in [-0.1, -0.05) is 101 Å². The topological polar surface area (TPSA) is 289 Å². The van der Waals surface area contributed by atoms with Crippen LogP contribution in [0.3, 0.4) is 0 Å². The zero-order valence-corrected chi connectivity index (χ0v) is 60.6. The minimum absolute atomic E-state index is 0.0193. The molecule has 5 N–H and O–H groups in total. The first kappa shape index (κ1) is 78.7. The number of fused-ring (bicyclic) bond motifs is 4. The van der Waals surface area contributed by atoms with Crippen molar-refractivity contribution in [1.82, 2.24) is 24.9 Å². The zero-order valence-electron chi connectivity index (χ0n) is 60.6. The third-order valence-corrected chi connectivity index (χ3v) is 21.2. The molecule has 1 aliphatic carbocycles. The SMILES string of the molecule is CO[C@@H](C(=O)N1Cc2[nH]nc(NC(=O)c3ccc(N4CCN(C)CC4)cc3)c2C1)c1ccccc1.CO[C@H]1C[C@@H]2CC[C@@H](C)[C@@](O)(O2)C(=O)C(=O)N2CCCC[C@H]2C(=O)O[C@H]([C@H](C)C[C@@H]2CC[C@@H](O)[C@H](OC)C2)CC(=O)[C@H](C)/C=C(\C)[C@@H](O)[C@@H](OC)C(=O)[C@H](C)C[C@H](C)/C=C/C=C/C=C/1C. The van der Waals surface area contributed by atoms with E-state index in [1.165, 1.54) is 19.1 Å². The number of anilines is 2. The van der Waals surface area contributed by atoms with Crippen LogP contribution in [-0.2, 0) is 70.3 Å². The van der Waals surface area contributed by atoms with Gasteiger partial charge in [-0.2, -0.15) is 5.10 Å². The van der Waals surface area contributed by atoms with E-state index in [1.54, 1.807) is 46.0 Å². The number of allylic oxidation sites excluding steroid dienone is 6. The maximum absolute atomic E-state index is 14.4. The highest BCUT2D eigenvalue weighted by atomic mass is 16.6. The van der Waals surface area contributed by atoms with Gasteiger partial charge in [-0.3, -0.25) is 33.9 Å². The Balaban J connectivity index is 0.000000302. The van der Waals surface area contributed by atoms with E-state index >= 15 is 0 Å². The number of aromatic nitrogens is 2. The minimum atomic E-state index is -2.43. The van der Waals surface area contributed by atoms with Crippen molar-refractivity contribution in [3.8, 4) is 0 Å². The first-order valence-corrected chi connectivity index (χ1v) is 35.7. The molecule has 6 heterocycles. The lowest BCUT2D eigenvalue weighted by Gasteiger charge is -2.42. The number of rotatable bonds is 12. The highest BCUT2D eigenvalue weighted by Crippen LogP contribution is 2.39. The number of hydrogen-bond acceptors (Lipinski definition) is 19. The maximum atomic E-state index is 14.4. The number of ether oxygens (including phenoxy) is 6. The number of methoxy groups -OCH3 is 4. The van der Waals surface area contributed by atoms with Crippen molar-refractivity contribution < 1.29 is 77.3 Å². The van der Waals surface area contributed by atoms with E-state index in [4.69, 9.17) is 28.4 Å². The number of piperidine rings is 1. The highest BCUT2D eigenvalue weighted by Gasteiger charge is 2.53. The Kier molecular flexibility index (Phi) is 28.9. The van der Waals surface area contributed by atoms with E-state index in [2.05, 4.69) is 32.4 Å². The summed E-state index contributed by atoms with van der Waals surface area (Å²) in [6.45, 7) is 17.5. The summed E-state index contributed by atoms with van der Waals surface area (Å²) < 4.78 is 34.9. The molecule has 3 aromatic rings. The lowest BCUT2D eigenvalue weighted by atomic mass is 9.78. The molecule has 4 fully saturated rings. The number of hydrogen-bond donors (Lipinski definition) is 5. The Morgan fingerprint density at radius 2 is 1.52 bits per heavy atom. The van der Waals surface area contributed by atoms with Gasteiger partial charge in [0.25, 0.3) is 23.5 Å². The predicted octanol–water partition coefficient (Wildman–Crippen LogP) is 8.82. The van der Waals surface area contributed by atoms with Gasteiger partial charge in [0.2, 0.25) is 5.79 Å². The Bertz CT molecular complexity index is 3380. The molecule has 0 radical (unpaired) electrons. The molecular formula is C77H109N7O16. The van der Waals surface area contributed by atoms with E-state index in [0.29, 0.717) is 87.8 Å². The van der Waals surface area contributed by atoms with Gasteiger partial charge in [0.1, 0.15) is 30.1 Å². The monoisotopic (exact) mass is 1390 g/mol. The third-order valence-electron chi connectivity index (χ3n) is 21.2. The molecule has 9 rings (SSSR count). The number of esters is 1. The molecule has 0 spiro atoms. The van der Waals surface area contributed by atoms with Gasteiger partial charge in [0.15, 0.2) is 17.7 Å². The van der Waals surface area contributed by atoms with Crippen LogP contribution in [0.1, 0.15) is 159 Å². The van der Waals surface area contributed by atoms with Gasteiger partial charge in [0.05, 0.1) is 43.2 Å². The van der Waals surface area contributed by atoms with E-state index in [9.17, 15) is 48.9 Å². The standard InChI is InChI=1S/C51H79NO13.C26H30N6O3/c1-30-16-12-11-13-17-31(2)42(61-8)28-38-21-19-36(7)51(60,65-38)48(57)49(58)52-23-15-14-18-39(52)50(59)64-43(33(4)26-37-20-22-40(53)44(27-37)62-9)29-41(54)32(3)25-35(6)46(56)47(63-10)45(55)34(5)24-30;1-30-12-14-31(15-13-30)20-10-8-19(9-11-20)25(33)27-24-21-16-32(17-22(21)28-29-24)26(34)23(35-2)18-6-4-3-5-7-18/h11-13,16-17,25,30,32-34,36-40,42-44,46-47,53,56,60H,14-15,18-24,26-29H2,1-10H3;3-11,23H,12-17H2,1-2H3,(H2,27,28,29,33)/b13-11+,16-12+,31-17+,35-25+;/t30-,32-,33-,34-,36-,37+,38+,39+,40-,42+,43+,44-,46-,47+,51-;23-/m11/s1. The summed E-state index contributed by atoms with van der Waals surface area (Å²) in [6.07, 6.45) is 10.5. The molecule has 16 atom stereocenters. The van der Waals surface area contributed by atoms with Crippen molar-refractivity contribution in [1.29, 1.82) is 0 Å². The molecule has 2 aromatic carbocycles.